The molecule has 6 heteroatoms. The normalized spacial score (nSPS) is 11.1. The summed E-state index contributed by atoms with van der Waals surface area (Å²) >= 11 is 3.36. The first-order chi connectivity index (χ1) is 8.17. The van der Waals surface area contributed by atoms with Crippen molar-refractivity contribution in [2.24, 2.45) is 0 Å². The Labute approximate surface area is 109 Å². The summed E-state index contributed by atoms with van der Waals surface area (Å²) < 4.78 is 0. The van der Waals surface area contributed by atoms with Crippen molar-refractivity contribution < 1.29 is 0 Å². The Morgan fingerprint density at radius 1 is 1.24 bits per heavy atom. The van der Waals surface area contributed by atoms with E-state index in [4.69, 9.17) is 0 Å². The predicted molar refractivity (Wildman–Crippen MR) is 73.7 cm³/mol. The van der Waals surface area contributed by atoms with E-state index in [2.05, 4.69) is 38.0 Å². The first-order valence-corrected chi connectivity index (χ1v) is 7.15. The van der Waals surface area contributed by atoms with Gasteiger partial charge >= 0.3 is 0 Å². The van der Waals surface area contributed by atoms with Crippen molar-refractivity contribution in [3.05, 3.63) is 27.2 Å². The smallest absolute Gasteiger partial charge is 0.182 e. The van der Waals surface area contributed by atoms with Crippen LogP contribution in [0.25, 0.3) is 0 Å². The quantitative estimate of drug-likeness (QED) is 0.905. The average molecular weight is 268 g/mol. The van der Waals surface area contributed by atoms with Crippen LogP contribution in [0.2, 0.25) is 0 Å². The second kappa shape index (κ2) is 5.57. The van der Waals surface area contributed by atoms with Crippen molar-refractivity contribution in [2.45, 2.75) is 20.0 Å². The summed E-state index contributed by atoms with van der Waals surface area (Å²) in [7, 11) is 3.99. The minimum Gasteiger partial charge on any atom is -0.365 e. The molecular formula is C11H16N4S2. The summed E-state index contributed by atoms with van der Waals surface area (Å²) in [6.07, 6.45) is 0. The molecule has 2 aromatic heterocycles. The van der Waals surface area contributed by atoms with Gasteiger partial charge in [0.25, 0.3) is 0 Å². The Balaban J connectivity index is 1.90. The Bertz CT molecular complexity index is 477. The van der Waals surface area contributed by atoms with Crippen LogP contribution in [0.4, 0.5) is 5.13 Å². The fourth-order valence-electron chi connectivity index (χ4n) is 1.53. The highest BCUT2D eigenvalue weighted by atomic mass is 32.1. The molecule has 4 nitrogen and oxygen atoms in total. The van der Waals surface area contributed by atoms with Gasteiger partial charge in [-0.05, 0) is 14.0 Å². The maximum absolute atomic E-state index is 4.46. The second-order valence-corrected chi connectivity index (χ2v) is 5.75. The molecule has 0 saturated carbocycles. The van der Waals surface area contributed by atoms with Gasteiger partial charge in [0.1, 0.15) is 5.01 Å². The highest BCUT2D eigenvalue weighted by Crippen LogP contribution is 2.17. The Morgan fingerprint density at radius 3 is 2.65 bits per heavy atom. The van der Waals surface area contributed by atoms with E-state index >= 15 is 0 Å². The zero-order chi connectivity index (χ0) is 12.3. The lowest BCUT2D eigenvalue weighted by Crippen LogP contribution is -2.17. The molecule has 0 radical (unpaired) electrons. The van der Waals surface area contributed by atoms with Crippen molar-refractivity contribution in [1.82, 2.24) is 14.9 Å². The summed E-state index contributed by atoms with van der Waals surface area (Å²) in [5.74, 6) is 0. The van der Waals surface area contributed by atoms with Crippen molar-refractivity contribution in [1.29, 1.82) is 0 Å². The van der Waals surface area contributed by atoms with Gasteiger partial charge in [-0.15, -0.1) is 22.7 Å². The molecule has 2 rings (SSSR count). The van der Waals surface area contributed by atoms with Crippen LogP contribution >= 0.6 is 22.7 Å². The van der Waals surface area contributed by atoms with E-state index in [1.54, 1.807) is 22.7 Å². The number of thiazole rings is 2. The molecule has 2 heterocycles. The Hall–Kier alpha value is -0.980. The summed E-state index contributed by atoms with van der Waals surface area (Å²) in [4.78, 5) is 11.2. The van der Waals surface area contributed by atoms with Crippen molar-refractivity contribution in [3.8, 4) is 0 Å². The molecule has 0 bridgehead atoms. The van der Waals surface area contributed by atoms with E-state index in [0.29, 0.717) is 0 Å². The highest BCUT2D eigenvalue weighted by Gasteiger charge is 2.07. The van der Waals surface area contributed by atoms with Gasteiger partial charge in [-0.2, -0.15) is 0 Å². The standard InChI is InChI=1S/C11H16N4S2/c1-8-6-16-10(13-8)5-15(3)4-9-7-17-11(12-2)14-9/h6-7H,4-5H2,1-3H3,(H,12,14). The van der Waals surface area contributed by atoms with Crippen LogP contribution in [0.3, 0.4) is 0 Å². The van der Waals surface area contributed by atoms with Crippen LogP contribution in [0.1, 0.15) is 16.4 Å². The van der Waals surface area contributed by atoms with Crippen molar-refractivity contribution >= 4 is 27.8 Å². The molecule has 0 fully saturated rings. The molecule has 0 aromatic carbocycles. The molecule has 92 valence electrons. The van der Waals surface area contributed by atoms with Crippen LogP contribution < -0.4 is 5.32 Å². The second-order valence-electron chi connectivity index (χ2n) is 3.95. The molecule has 17 heavy (non-hydrogen) atoms. The molecule has 1 N–H and O–H groups in total. The van der Waals surface area contributed by atoms with Crippen LogP contribution in [0.15, 0.2) is 10.8 Å². The van der Waals surface area contributed by atoms with E-state index in [0.717, 1.165) is 34.6 Å². The van der Waals surface area contributed by atoms with Crippen LogP contribution in [0.5, 0.6) is 0 Å². The topological polar surface area (TPSA) is 41.1 Å². The average Bonchev–Trinajstić information content (AvgIpc) is 2.88. The van der Waals surface area contributed by atoms with Crippen LogP contribution in [-0.2, 0) is 13.1 Å². The summed E-state index contributed by atoms with van der Waals surface area (Å²) in [5, 5.41) is 9.37. The molecule has 0 aliphatic rings. The number of hydrogen-bond donors (Lipinski definition) is 1. The lowest BCUT2D eigenvalue weighted by atomic mass is 10.4. The monoisotopic (exact) mass is 268 g/mol. The summed E-state index contributed by atoms with van der Waals surface area (Å²) in [5.41, 5.74) is 2.21. The third kappa shape index (κ3) is 3.49. The first-order valence-electron chi connectivity index (χ1n) is 5.39. The lowest BCUT2D eigenvalue weighted by Gasteiger charge is -2.12. The zero-order valence-corrected chi connectivity index (χ0v) is 11.9. The lowest BCUT2D eigenvalue weighted by molar-refractivity contribution is 0.315. The van der Waals surface area contributed by atoms with Gasteiger partial charge in [-0.25, -0.2) is 9.97 Å². The van der Waals surface area contributed by atoms with E-state index in [1.165, 1.54) is 0 Å². The number of aryl methyl sites for hydroxylation is 1. The molecule has 0 spiro atoms. The van der Waals surface area contributed by atoms with E-state index in [-0.39, 0.29) is 0 Å². The van der Waals surface area contributed by atoms with E-state index in [1.807, 2.05) is 14.0 Å². The first kappa shape index (κ1) is 12.5. The zero-order valence-electron chi connectivity index (χ0n) is 10.2. The fraction of sp³-hybridized carbons (Fsp3) is 0.455. The number of nitrogens with one attached hydrogen (secondary N) is 1. The van der Waals surface area contributed by atoms with Gasteiger partial charge < -0.3 is 5.32 Å². The molecule has 0 unspecified atom stereocenters. The minimum absolute atomic E-state index is 0.858. The highest BCUT2D eigenvalue weighted by molar-refractivity contribution is 7.13. The number of hydrogen-bond acceptors (Lipinski definition) is 6. The molecule has 0 saturated heterocycles. The molecule has 2 aromatic rings. The van der Waals surface area contributed by atoms with E-state index in [9.17, 15) is 0 Å². The van der Waals surface area contributed by atoms with Gasteiger partial charge in [0.2, 0.25) is 0 Å². The third-order valence-electron chi connectivity index (χ3n) is 2.27. The number of anilines is 1. The summed E-state index contributed by atoms with van der Waals surface area (Å²) in [6.45, 7) is 3.77. The summed E-state index contributed by atoms with van der Waals surface area (Å²) in [6, 6.07) is 0. The van der Waals surface area contributed by atoms with Gasteiger partial charge in [-0.1, -0.05) is 0 Å². The van der Waals surface area contributed by atoms with Gasteiger partial charge in [0.05, 0.1) is 12.2 Å². The van der Waals surface area contributed by atoms with Gasteiger partial charge in [0.15, 0.2) is 5.13 Å². The Morgan fingerprint density at radius 2 is 2.06 bits per heavy atom. The number of aromatic nitrogens is 2. The fourth-order valence-corrected chi connectivity index (χ4v) is 3.05. The third-order valence-corrected chi connectivity index (χ3v) is 4.13. The maximum atomic E-state index is 4.46. The van der Waals surface area contributed by atoms with Crippen molar-refractivity contribution in [3.63, 3.8) is 0 Å². The number of nitrogens with zero attached hydrogens (tertiary/aromatic N) is 3. The molecule has 0 aliphatic carbocycles. The van der Waals surface area contributed by atoms with Crippen LogP contribution in [-0.4, -0.2) is 29.0 Å². The largest absolute Gasteiger partial charge is 0.365 e. The van der Waals surface area contributed by atoms with Gasteiger partial charge in [-0.3, -0.25) is 4.90 Å². The Kier molecular flexibility index (Phi) is 4.09. The predicted octanol–water partition coefficient (Wildman–Crippen LogP) is 2.58. The SMILES string of the molecule is CNc1nc(CN(C)Cc2nc(C)cs2)cs1. The molecule has 0 amide bonds. The maximum Gasteiger partial charge on any atom is 0.182 e. The van der Waals surface area contributed by atoms with Crippen LogP contribution in [0, 0.1) is 6.92 Å². The molecule has 0 aliphatic heterocycles. The molecular weight excluding hydrogens is 252 g/mol. The van der Waals surface area contributed by atoms with Gasteiger partial charge in [0, 0.05) is 30.0 Å². The van der Waals surface area contributed by atoms with E-state index < -0.39 is 0 Å². The number of rotatable bonds is 5. The van der Waals surface area contributed by atoms with Crippen molar-refractivity contribution in [2.75, 3.05) is 19.4 Å². The molecule has 0 atom stereocenters. The minimum atomic E-state index is 0.858.